The second-order valence-corrected chi connectivity index (χ2v) is 6.36. The molecule has 2 aromatic rings. The summed E-state index contributed by atoms with van der Waals surface area (Å²) < 4.78 is 17.8. The van der Waals surface area contributed by atoms with Crippen LogP contribution in [0.3, 0.4) is 0 Å². The van der Waals surface area contributed by atoms with Gasteiger partial charge in [0, 0.05) is 13.1 Å². The molecule has 1 aromatic heterocycles. The zero-order chi connectivity index (χ0) is 18.2. The fourth-order valence-corrected chi connectivity index (χ4v) is 3.01. The molecule has 1 unspecified atom stereocenters. The number of hydrogen-bond donors (Lipinski definition) is 0. The molecule has 0 bridgehead atoms. The molecule has 1 heterocycles. The van der Waals surface area contributed by atoms with Crippen molar-refractivity contribution in [1.29, 1.82) is 0 Å². The molecule has 2 rings (SSSR count). The largest absolute Gasteiger partial charge is 0.497 e. The number of rotatable bonds is 9. The number of hydrogen-bond acceptors (Lipinski definition) is 7. The van der Waals surface area contributed by atoms with E-state index in [4.69, 9.17) is 14.2 Å². The van der Waals surface area contributed by atoms with Gasteiger partial charge in [0.25, 0.3) is 0 Å². The molecule has 0 aliphatic heterocycles. The molecule has 0 amide bonds. The van der Waals surface area contributed by atoms with Crippen molar-refractivity contribution in [3.05, 3.63) is 30.1 Å². The van der Waals surface area contributed by atoms with Crippen LogP contribution >= 0.6 is 11.8 Å². The molecule has 25 heavy (non-hydrogen) atoms. The van der Waals surface area contributed by atoms with Gasteiger partial charge in [-0.15, -0.1) is 10.2 Å². The van der Waals surface area contributed by atoms with Crippen molar-refractivity contribution in [3.63, 3.8) is 0 Å². The van der Waals surface area contributed by atoms with E-state index in [0.717, 1.165) is 5.75 Å². The summed E-state index contributed by atoms with van der Waals surface area (Å²) >= 11 is 1.35. The predicted octanol–water partition coefficient (Wildman–Crippen LogP) is 2.84. The highest BCUT2D eigenvalue weighted by molar-refractivity contribution is 8.00. The quantitative estimate of drug-likeness (QED) is 0.499. The maximum atomic E-state index is 11.9. The van der Waals surface area contributed by atoms with Crippen LogP contribution < -0.4 is 9.47 Å². The Morgan fingerprint density at radius 2 is 2.04 bits per heavy atom. The fourth-order valence-electron chi connectivity index (χ4n) is 2.07. The molecule has 0 aliphatic rings. The van der Waals surface area contributed by atoms with Crippen LogP contribution in [0, 0.1) is 0 Å². The molecule has 0 N–H and O–H groups in total. The van der Waals surface area contributed by atoms with Gasteiger partial charge in [0.2, 0.25) is 0 Å². The van der Waals surface area contributed by atoms with Crippen LogP contribution in [0.1, 0.15) is 26.1 Å². The number of ether oxygens (including phenoxy) is 3. The summed E-state index contributed by atoms with van der Waals surface area (Å²) in [5.74, 6) is 1.86. The van der Waals surface area contributed by atoms with E-state index in [0.29, 0.717) is 29.8 Å². The summed E-state index contributed by atoms with van der Waals surface area (Å²) in [6, 6.07) is 7.36. The van der Waals surface area contributed by atoms with Crippen molar-refractivity contribution in [3.8, 4) is 11.5 Å². The Bertz CT molecular complexity index is 705. The van der Waals surface area contributed by atoms with Crippen LogP contribution in [0.2, 0.25) is 0 Å². The summed E-state index contributed by atoms with van der Waals surface area (Å²) in [4.78, 5) is 11.9. The second kappa shape index (κ2) is 9.31. The third-order valence-electron chi connectivity index (χ3n) is 3.50. The van der Waals surface area contributed by atoms with E-state index in [1.54, 1.807) is 20.1 Å². The van der Waals surface area contributed by atoms with Crippen LogP contribution in [0.25, 0.3) is 0 Å². The summed E-state index contributed by atoms with van der Waals surface area (Å²) in [5.41, 5.74) is 0. The minimum absolute atomic E-state index is 0.229. The summed E-state index contributed by atoms with van der Waals surface area (Å²) in [6.45, 7) is 4.38. The van der Waals surface area contributed by atoms with Gasteiger partial charge in [-0.3, -0.25) is 4.79 Å². The van der Waals surface area contributed by atoms with Gasteiger partial charge < -0.3 is 18.8 Å². The normalized spacial score (nSPS) is 11.8. The topological polar surface area (TPSA) is 75.5 Å². The Balaban J connectivity index is 2.01. The van der Waals surface area contributed by atoms with Crippen LogP contribution in [-0.2, 0) is 23.2 Å². The Morgan fingerprint density at radius 3 is 2.72 bits per heavy atom. The monoisotopic (exact) mass is 365 g/mol. The average Bonchev–Trinajstić information content (AvgIpc) is 2.98. The lowest BCUT2D eigenvalue weighted by atomic mass is 10.3. The Kier molecular flexibility index (Phi) is 7.12. The molecular weight excluding hydrogens is 342 g/mol. The number of carbonyl (C=O) groups is 1. The number of carbonyl (C=O) groups excluding carboxylic acids is 1. The molecule has 1 aromatic carbocycles. The molecule has 0 saturated heterocycles. The minimum atomic E-state index is -0.296. The lowest BCUT2D eigenvalue weighted by Gasteiger charge is -2.12. The molecule has 8 heteroatoms. The maximum absolute atomic E-state index is 11.9. The Morgan fingerprint density at radius 1 is 1.28 bits per heavy atom. The van der Waals surface area contributed by atoms with Crippen molar-refractivity contribution >= 4 is 17.7 Å². The standard InChI is InChI=1S/C17H23N3O4S/c1-5-14(16(21)23-6-2)25-17-19-18-15(20(17)3)11-24-13-9-7-8-12(10-13)22-4/h7-10,14H,5-6,11H2,1-4H3. The molecule has 0 saturated carbocycles. The molecule has 0 fully saturated rings. The molecular formula is C17H23N3O4S. The van der Waals surface area contributed by atoms with Gasteiger partial charge in [0.05, 0.1) is 13.7 Å². The first kappa shape index (κ1) is 19.1. The molecule has 0 spiro atoms. The van der Waals surface area contributed by atoms with Crippen LogP contribution in [-0.4, -0.2) is 39.7 Å². The molecule has 7 nitrogen and oxygen atoms in total. The zero-order valence-corrected chi connectivity index (χ0v) is 15.7. The lowest BCUT2D eigenvalue weighted by molar-refractivity contribution is -0.142. The maximum Gasteiger partial charge on any atom is 0.319 e. The van der Waals surface area contributed by atoms with Crippen molar-refractivity contribution < 1.29 is 19.0 Å². The number of aromatic nitrogens is 3. The Hall–Kier alpha value is -2.22. The van der Waals surface area contributed by atoms with E-state index in [1.165, 1.54) is 11.8 Å². The predicted molar refractivity (Wildman–Crippen MR) is 94.9 cm³/mol. The lowest BCUT2D eigenvalue weighted by Crippen LogP contribution is -2.20. The molecule has 0 aliphatic carbocycles. The van der Waals surface area contributed by atoms with Crippen LogP contribution in [0.15, 0.2) is 29.4 Å². The van der Waals surface area contributed by atoms with Gasteiger partial charge in [-0.2, -0.15) is 0 Å². The number of benzene rings is 1. The van der Waals surface area contributed by atoms with E-state index >= 15 is 0 Å². The van der Waals surface area contributed by atoms with Gasteiger partial charge in [-0.1, -0.05) is 24.8 Å². The zero-order valence-electron chi connectivity index (χ0n) is 14.9. The van der Waals surface area contributed by atoms with Crippen molar-refractivity contribution in [2.75, 3.05) is 13.7 Å². The summed E-state index contributed by atoms with van der Waals surface area (Å²) in [7, 11) is 3.46. The number of nitrogens with zero attached hydrogens (tertiary/aromatic N) is 3. The van der Waals surface area contributed by atoms with Gasteiger partial charge in [-0.05, 0) is 25.5 Å². The smallest absolute Gasteiger partial charge is 0.319 e. The van der Waals surface area contributed by atoms with E-state index in [2.05, 4.69) is 10.2 Å². The van der Waals surface area contributed by atoms with Crippen LogP contribution in [0.5, 0.6) is 11.5 Å². The fraction of sp³-hybridized carbons (Fsp3) is 0.471. The number of methoxy groups -OCH3 is 1. The van der Waals surface area contributed by atoms with E-state index < -0.39 is 0 Å². The van der Waals surface area contributed by atoms with Gasteiger partial charge >= 0.3 is 5.97 Å². The van der Waals surface area contributed by atoms with E-state index in [-0.39, 0.29) is 17.8 Å². The molecule has 136 valence electrons. The number of thioether (sulfide) groups is 1. The highest BCUT2D eigenvalue weighted by Gasteiger charge is 2.22. The molecule has 1 atom stereocenters. The SMILES string of the molecule is CCOC(=O)C(CC)Sc1nnc(COc2cccc(OC)c2)n1C. The van der Waals surface area contributed by atoms with Gasteiger partial charge in [-0.25, -0.2) is 0 Å². The van der Waals surface area contributed by atoms with Gasteiger partial charge in [0.15, 0.2) is 11.0 Å². The Labute approximate surface area is 151 Å². The van der Waals surface area contributed by atoms with Crippen molar-refractivity contribution in [2.45, 2.75) is 37.3 Å². The summed E-state index contributed by atoms with van der Waals surface area (Å²) in [5, 5.41) is 8.67. The van der Waals surface area contributed by atoms with Gasteiger partial charge in [0.1, 0.15) is 23.4 Å². The first-order valence-electron chi connectivity index (χ1n) is 8.07. The minimum Gasteiger partial charge on any atom is -0.497 e. The number of esters is 1. The third kappa shape index (κ3) is 5.12. The summed E-state index contributed by atoms with van der Waals surface area (Å²) in [6.07, 6.45) is 0.659. The van der Waals surface area contributed by atoms with Crippen molar-refractivity contribution in [2.24, 2.45) is 7.05 Å². The van der Waals surface area contributed by atoms with E-state index in [9.17, 15) is 4.79 Å². The first-order valence-corrected chi connectivity index (χ1v) is 8.95. The highest BCUT2D eigenvalue weighted by Crippen LogP contribution is 2.25. The highest BCUT2D eigenvalue weighted by atomic mass is 32.2. The van der Waals surface area contributed by atoms with E-state index in [1.807, 2.05) is 36.7 Å². The average molecular weight is 365 g/mol. The first-order chi connectivity index (χ1) is 12.1. The third-order valence-corrected chi connectivity index (χ3v) is 4.88. The second-order valence-electron chi connectivity index (χ2n) is 5.19. The molecule has 0 radical (unpaired) electrons. The van der Waals surface area contributed by atoms with Crippen LogP contribution in [0.4, 0.5) is 0 Å². The van der Waals surface area contributed by atoms with Crippen molar-refractivity contribution in [1.82, 2.24) is 14.8 Å².